The zero-order valence-electron chi connectivity index (χ0n) is 13.6. The third-order valence-electron chi connectivity index (χ3n) is 1.20. The molecular weight excluding hydrogens is 258 g/mol. The Hall–Kier alpha value is 0.623. The van der Waals surface area contributed by atoms with Gasteiger partial charge in [-0.2, -0.15) is 24.2 Å². The van der Waals surface area contributed by atoms with Gasteiger partial charge in [-0.05, 0) is 0 Å². The van der Waals surface area contributed by atoms with Crippen molar-refractivity contribution in [1.29, 1.82) is 0 Å². The summed E-state index contributed by atoms with van der Waals surface area (Å²) in [6.45, 7) is 22.2. The van der Waals surface area contributed by atoms with Crippen LogP contribution in [0.3, 0.4) is 0 Å². The summed E-state index contributed by atoms with van der Waals surface area (Å²) in [5.74, 6) is 1.95. The molecule has 0 heterocycles. The van der Waals surface area contributed by atoms with E-state index in [9.17, 15) is 0 Å². The van der Waals surface area contributed by atoms with E-state index in [0.717, 1.165) is 5.92 Å². The van der Waals surface area contributed by atoms with Crippen molar-refractivity contribution in [2.75, 3.05) is 0 Å². The quantitative estimate of drug-likeness (QED) is 0.339. The molecule has 0 spiro atoms. The standard InChI is InChI=1S/C8H17.2C4H9.Zn/c1-4-5-6-7-8(2)3;2*1-4(2)3;/h7-8H,4-6H2,1-3H3;2*4H,1H2,2-3H3;/q3*-1;. The summed E-state index contributed by atoms with van der Waals surface area (Å²) in [7, 11) is 0. The maximum absolute atomic E-state index is 3.64. The summed E-state index contributed by atoms with van der Waals surface area (Å²) in [4.78, 5) is 0. The first kappa shape index (κ1) is 26.2. The Morgan fingerprint density at radius 2 is 1.18 bits per heavy atom. The fraction of sp³-hybridized carbons (Fsp3) is 0.812. The van der Waals surface area contributed by atoms with Crippen LogP contribution in [-0.2, 0) is 19.5 Å². The molecule has 0 aromatic carbocycles. The number of hydrogen-bond donors (Lipinski definition) is 0. The molecule has 0 radical (unpaired) electrons. The second-order valence-corrected chi connectivity index (χ2v) is 5.41. The SMILES string of the molecule is CCCC[CH-]C(C)C.[CH2-]C(C)C.[CH2-]C(C)C.[Zn]. The summed E-state index contributed by atoms with van der Waals surface area (Å²) in [5, 5.41) is 0. The molecule has 0 bridgehead atoms. The van der Waals surface area contributed by atoms with Crippen LogP contribution < -0.4 is 0 Å². The molecule has 0 amide bonds. The average molecular weight is 293 g/mol. The smallest absolute Gasteiger partial charge is 0 e. The first-order valence-electron chi connectivity index (χ1n) is 6.73. The molecule has 0 rings (SSSR count). The van der Waals surface area contributed by atoms with Gasteiger partial charge in [-0.1, -0.05) is 61.3 Å². The topological polar surface area (TPSA) is 0 Å². The van der Waals surface area contributed by atoms with Crippen molar-refractivity contribution in [1.82, 2.24) is 0 Å². The van der Waals surface area contributed by atoms with Gasteiger partial charge in [0.25, 0.3) is 0 Å². The minimum absolute atomic E-state index is 0. The summed E-state index contributed by atoms with van der Waals surface area (Å²) >= 11 is 0. The summed E-state index contributed by atoms with van der Waals surface area (Å²) in [6, 6.07) is 0. The number of unbranched alkanes of at least 4 members (excludes halogenated alkanes) is 2. The molecule has 104 valence electrons. The summed E-state index contributed by atoms with van der Waals surface area (Å²) in [6.07, 6.45) is 6.36. The van der Waals surface area contributed by atoms with E-state index in [1.165, 1.54) is 19.3 Å². The van der Waals surface area contributed by atoms with E-state index in [1.807, 2.05) is 0 Å². The van der Waals surface area contributed by atoms with Crippen LogP contribution in [0.4, 0.5) is 0 Å². The normalized spacial score (nSPS) is 9.18. The fourth-order valence-electron chi connectivity index (χ4n) is 0.655. The van der Waals surface area contributed by atoms with Crippen LogP contribution in [0.1, 0.15) is 67.7 Å². The van der Waals surface area contributed by atoms with Gasteiger partial charge in [0.2, 0.25) is 0 Å². The van der Waals surface area contributed by atoms with Crippen LogP contribution >= 0.6 is 0 Å². The predicted molar refractivity (Wildman–Crippen MR) is 79.1 cm³/mol. The molecule has 0 N–H and O–H groups in total. The van der Waals surface area contributed by atoms with Crippen LogP contribution in [0.25, 0.3) is 0 Å². The van der Waals surface area contributed by atoms with Crippen LogP contribution in [0.15, 0.2) is 0 Å². The van der Waals surface area contributed by atoms with E-state index in [1.54, 1.807) is 0 Å². The Labute approximate surface area is 125 Å². The molecule has 0 aliphatic carbocycles. The molecule has 0 aliphatic heterocycles. The van der Waals surface area contributed by atoms with Gasteiger partial charge in [0.05, 0.1) is 0 Å². The van der Waals surface area contributed by atoms with Gasteiger partial charge in [-0.3, -0.25) is 0 Å². The minimum Gasteiger partial charge on any atom is -0.341 e. The van der Waals surface area contributed by atoms with Gasteiger partial charge in [0.1, 0.15) is 0 Å². The third kappa shape index (κ3) is 112. The Kier molecular flexibility index (Phi) is 33.7. The molecule has 0 fully saturated rings. The zero-order chi connectivity index (χ0) is 13.6. The largest absolute Gasteiger partial charge is 0.341 e. The molecule has 0 nitrogen and oxygen atoms in total. The van der Waals surface area contributed by atoms with Crippen LogP contribution in [0.5, 0.6) is 0 Å². The van der Waals surface area contributed by atoms with E-state index < -0.39 is 0 Å². The second kappa shape index (κ2) is 21.9. The Morgan fingerprint density at radius 1 is 0.882 bits per heavy atom. The van der Waals surface area contributed by atoms with Gasteiger partial charge in [0, 0.05) is 19.5 Å². The van der Waals surface area contributed by atoms with Gasteiger partial charge in [0.15, 0.2) is 0 Å². The van der Waals surface area contributed by atoms with Crippen LogP contribution in [0, 0.1) is 38.0 Å². The molecule has 0 saturated carbocycles. The van der Waals surface area contributed by atoms with Gasteiger partial charge in [-0.15, -0.1) is 0 Å². The van der Waals surface area contributed by atoms with Crippen LogP contribution in [0.2, 0.25) is 0 Å². The van der Waals surface area contributed by atoms with Crippen molar-refractivity contribution < 1.29 is 19.5 Å². The Balaban J connectivity index is -0.0000000806. The van der Waals surface area contributed by atoms with E-state index in [0.29, 0.717) is 11.8 Å². The van der Waals surface area contributed by atoms with Crippen molar-refractivity contribution in [3.63, 3.8) is 0 Å². The summed E-state index contributed by atoms with van der Waals surface area (Å²) < 4.78 is 0. The zero-order valence-corrected chi connectivity index (χ0v) is 16.5. The maximum atomic E-state index is 3.64. The second-order valence-electron chi connectivity index (χ2n) is 5.41. The fourth-order valence-corrected chi connectivity index (χ4v) is 0.655. The summed E-state index contributed by atoms with van der Waals surface area (Å²) in [5.41, 5.74) is 0. The Morgan fingerprint density at radius 3 is 1.35 bits per heavy atom. The van der Waals surface area contributed by atoms with Crippen LogP contribution in [-0.4, -0.2) is 0 Å². The Bertz CT molecular complexity index is 84.2. The first-order valence-corrected chi connectivity index (χ1v) is 6.73. The van der Waals surface area contributed by atoms with Crippen molar-refractivity contribution in [2.45, 2.75) is 67.7 Å². The maximum Gasteiger partial charge on any atom is 0 e. The van der Waals surface area contributed by atoms with Gasteiger partial charge in [-0.25, -0.2) is 0 Å². The van der Waals surface area contributed by atoms with Gasteiger partial charge < -0.3 is 20.3 Å². The minimum atomic E-state index is 0. The average Bonchev–Trinajstić information content (AvgIpc) is 2.01. The van der Waals surface area contributed by atoms with Crippen molar-refractivity contribution >= 4 is 0 Å². The van der Waals surface area contributed by atoms with Crippen molar-refractivity contribution in [3.8, 4) is 0 Å². The molecule has 0 saturated heterocycles. The number of hydrogen-bond acceptors (Lipinski definition) is 0. The first-order chi connectivity index (χ1) is 7.23. The van der Waals surface area contributed by atoms with E-state index >= 15 is 0 Å². The molecule has 0 atom stereocenters. The predicted octanol–water partition coefficient (Wildman–Crippen LogP) is 5.99. The van der Waals surface area contributed by atoms with E-state index in [4.69, 9.17) is 0 Å². The third-order valence-corrected chi connectivity index (χ3v) is 1.20. The number of rotatable bonds is 4. The molecule has 0 aromatic rings. The van der Waals surface area contributed by atoms with E-state index in [-0.39, 0.29) is 19.5 Å². The molecule has 0 aromatic heterocycles. The molecule has 1 heteroatoms. The molecular formula is C16H35Zn-3. The molecule has 17 heavy (non-hydrogen) atoms. The van der Waals surface area contributed by atoms with Crippen molar-refractivity contribution in [3.05, 3.63) is 20.3 Å². The molecule has 0 unspecified atom stereocenters. The monoisotopic (exact) mass is 291 g/mol. The van der Waals surface area contributed by atoms with E-state index in [2.05, 4.69) is 68.7 Å². The van der Waals surface area contributed by atoms with Crippen molar-refractivity contribution in [2.24, 2.45) is 17.8 Å². The molecule has 0 aliphatic rings. The van der Waals surface area contributed by atoms with Gasteiger partial charge >= 0.3 is 0 Å².